The molecule has 4 unspecified atom stereocenters. The van der Waals surface area contributed by atoms with E-state index >= 15 is 0 Å². The standard InChI is InChI=1S/C11H18N/c1-12(2)6-10-8-3-4-9(5-8)11(10)7-12/h3-4,8-11H,5-7H2,1-2H3/q+1. The molecular weight excluding hydrogens is 146 g/mol. The molecule has 3 aliphatic rings. The lowest BCUT2D eigenvalue weighted by Crippen LogP contribution is -2.38. The molecule has 1 aliphatic heterocycles. The van der Waals surface area contributed by atoms with Crippen molar-refractivity contribution in [2.45, 2.75) is 6.42 Å². The number of hydrogen-bond donors (Lipinski definition) is 0. The normalized spacial score (nSPS) is 53.2. The van der Waals surface area contributed by atoms with Crippen LogP contribution in [0.3, 0.4) is 0 Å². The Morgan fingerprint density at radius 3 is 2.00 bits per heavy atom. The van der Waals surface area contributed by atoms with Gasteiger partial charge in [0, 0.05) is 11.8 Å². The molecule has 1 nitrogen and oxygen atoms in total. The van der Waals surface area contributed by atoms with Crippen LogP contribution in [0.25, 0.3) is 0 Å². The Morgan fingerprint density at radius 2 is 1.50 bits per heavy atom. The van der Waals surface area contributed by atoms with Crippen LogP contribution in [-0.2, 0) is 0 Å². The van der Waals surface area contributed by atoms with Crippen LogP contribution >= 0.6 is 0 Å². The molecule has 1 saturated carbocycles. The summed E-state index contributed by atoms with van der Waals surface area (Å²) in [6.07, 6.45) is 6.45. The van der Waals surface area contributed by atoms with Crippen LogP contribution in [0.15, 0.2) is 12.2 Å². The minimum Gasteiger partial charge on any atom is -0.328 e. The third kappa shape index (κ3) is 0.779. The molecule has 66 valence electrons. The summed E-state index contributed by atoms with van der Waals surface area (Å²) in [6.45, 7) is 2.85. The zero-order valence-electron chi connectivity index (χ0n) is 8.03. The molecule has 0 aromatic carbocycles. The van der Waals surface area contributed by atoms with E-state index in [1.807, 2.05) is 0 Å². The molecule has 0 spiro atoms. The maximum atomic E-state index is 2.48. The van der Waals surface area contributed by atoms with Gasteiger partial charge in [-0.3, -0.25) is 0 Å². The minimum atomic E-state index is 0.958. The molecule has 12 heavy (non-hydrogen) atoms. The third-order valence-corrected chi connectivity index (χ3v) is 4.21. The first-order chi connectivity index (χ1) is 5.66. The summed E-state index contributed by atoms with van der Waals surface area (Å²) in [5, 5.41) is 0. The maximum Gasteiger partial charge on any atom is 0.0822 e. The summed E-state index contributed by atoms with van der Waals surface area (Å²) in [6, 6.07) is 0. The van der Waals surface area contributed by atoms with Crippen LogP contribution in [0.2, 0.25) is 0 Å². The van der Waals surface area contributed by atoms with Crippen LogP contribution in [0.5, 0.6) is 0 Å². The van der Waals surface area contributed by atoms with E-state index in [9.17, 15) is 0 Å². The first-order valence-electron chi connectivity index (χ1n) is 5.16. The number of fused-ring (bicyclic) bond motifs is 5. The molecule has 2 aliphatic carbocycles. The third-order valence-electron chi connectivity index (χ3n) is 4.21. The lowest BCUT2D eigenvalue weighted by atomic mass is 9.86. The van der Waals surface area contributed by atoms with Gasteiger partial charge in [0.1, 0.15) is 0 Å². The zero-order valence-corrected chi connectivity index (χ0v) is 8.03. The fourth-order valence-electron chi connectivity index (χ4n) is 3.78. The number of quaternary nitrogens is 1. The van der Waals surface area contributed by atoms with E-state index in [1.54, 1.807) is 0 Å². The topological polar surface area (TPSA) is 0 Å². The van der Waals surface area contributed by atoms with Crippen LogP contribution in [-0.4, -0.2) is 31.7 Å². The van der Waals surface area contributed by atoms with Crippen LogP contribution < -0.4 is 0 Å². The molecule has 1 heterocycles. The molecular formula is C11H18N+. The highest BCUT2D eigenvalue weighted by molar-refractivity contribution is 5.14. The second-order valence-corrected chi connectivity index (χ2v) is 5.58. The predicted molar refractivity (Wildman–Crippen MR) is 49.6 cm³/mol. The van der Waals surface area contributed by atoms with Crippen LogP contribution in [0, 0.1) is 23.7 Å². The van der Waals surface area contributed by atoms with E-state index in [0.29, 0.717) is 0 Å². The zero-order chi connectivity index (χ0) is 8.34. The number of nitrogens with zero attached hydrogens (tertiary/aromatic N) is 1. The lowest BCUT2D eigenvalue weighted by molar-refractivity contribution is -0.881. The molecule has 2 bridgehead atoms. The van der Waals surface area contributed by atoms with Crippen molar-refractivity contribution in [3.05, 3.63) is 12.2 Å². The first-order valence-corrected chi connectivity index (χ1v) is 5.16. The van der Waals surface area contributed by atoms with Gasteiger partial charge in [-0.1, -0.05) is 12.2 Å². The van der Waals surface area contributed by atoms with Crippen molar-refractivity contribution in [1.82, 2.24) is 0 Å². The van der Waals surface area contributed by atoms with Crippen molar-refractivity contribution in [2.75, 3.05) is 27.2 Å². The second-order valence-electron chi connectivity index (χ2n) is 5.58. The number of likely N-dealkylation sites (tertiary alicyclic amines) is 1. The molecule has 0 aromatic heterocycles. The number of rotatable bonds is 0. The van der Waals surface area contributed by atoms with Crippen molar-refractivity contribution in [1.29, 1.82) is 0 Å². The SMILES string of the molecule is C[N+]1(C)CC2C3C=CC(C3)C2C1. The molecule has 0 aromatic rings. The van der Waals surface area contributed by atoms with Gasteiger partial charge in [0.2, 0.25) is 0 Å². The fraction of sp³-hybridized carbons (Fsp3) is 0.818. The van der Waals surface area contributed by atoms with E-state index in [4.69, 9.17) is 0 Å². The second kappa shape index (κ2) is 1.95. The van der Waals surface area contributed by atoms with Crippen LogP contribution in [0.1, 0.15) is 6.42 Å². The Bertz CT molecular complexity index is 219. The summed E-state index contributed by atoms with van der Waals surface area (Å²) in [5.41, 5.74) is 0. The molecule has 3 rings (SSSR count). The quantitative estimate of drug-likeness (QED) is 0.376. The minimum absolute atomic E-state index is 0.958. The highest BCUT2D eigenvalue weighted by atomic mass is 15.3. The van der Waals surface area contributed by atoms with Crippen molar-refractivity contribution >= 4 is 0 Å². The van der Waals surface area contributed by atoms with Gasteiger partial charge in [-0.05, 0) is 18.3 Å². The highest BCUT2D eigenvalue weighted by Crippen LogP contribution is 2.52. The predicted octanol–water partition coefficient (Wildman–Crippen LogP) is 1.51. The molecule has 2 fully saturated rings. The lowest BCUT2D eigenvalue weighted by Gasteiger charge is -2.25. The molecule has 0 N–H and O–H groups in total. The van der Waals surface area contributed by atoms with Gasteiger partial charge < -0.3 is 4.48 Å². The Hall–Kier alpha value is -0.300. The van der Waals surface area contributed by atoms with Gasteiger partial charge in [-0.15, -0.1) is 0 Å². The van der Waals surface area contributed by atoms with Crippen molar-refractivity contribution < 1.29 is 4.48 Å². The first kappa shape index (κ1) is 7.14. The van der Waals surface area contributed by atoms with Gasteiger partial charge in [0.25, 0.3) is 0 Å². The fourth-order valence-corrected chi connectivity index (χ4v) is 3.78. The van der Waals surface area contributed by atoms with E-state index < -0.39 is 0 Å². The Balaban J connectivity index is 1.91. The summed E-state index contributed by atoms with van der Waals surface area (Å²) in [7, 11) is 4.77. The van der Waals surface area contributed by atoms with E-state index in [1.165, 1.54) is 24.0 Å². The molecule has 0 amide bonds. The van der Waals surface area contributed by atoms with E-state index in [0.717, 1.165) is 23.7 Å². The molecule has 1 heteroatoms. The largest absolute Gasteiger partial charge is 0.328 e. The number of hydrogen-bond acceptors (Lipinski definition) is 0. The maximum absolute atomic E-state index is 2.48. The van der Waals surface area contributed by atoms with Gasteiger partial charge in [0.05, 0.1) is 27.2 Å². The van der Waals surface area contributed by atoms with Gasteiger partial charge >= 0.3 is 0 Å². The summed E-state index contributed by atoms with van der Waals surface area (Å²) in [5.74, 6) is 3.99. The number of allylic oxidation sites excluding steroid dienone is 2. The van der Waals surface area contributed by atoms with Crippen molar-refractivity contribution in [3.63, 3.8) is 0 Å². The average Bonchev–Trinajstić information content (AvgIpc) is 2.54. The van der Waals surface area contributed by atoms with Gasteiger partial charge in [-0.2, -0.15) is 0 Å². The van der Waals surface area contributed by atoms with Crippen LogP contribution in [0.4, 0.5) is 0 Å². The van der Waals surface area contributed by atoms with E-state index in [2.05, 4.69) is 26.2 Å². The van der Waals surface area contributed by atoms with E-state index in [-0.39, 0.29) is 0 Å². The highest BCUT2D eigenvalue weighted by Gasteiger charge is 2.53. The summed E-state index contributed by atoms with van der Waals surface area (Å²) < 4.78 is 1.27. The average molecular weight is 164 g/mol. The van der Waals surface area contributed by atoms with Crippen molar-refractivity contribution in [3.8, 4) is 0 Å². The molecule has 1 saturated heterocycles. The Labute approximate surface area is 74.7 Å². The molecule has 0 radical (unpaired) electrons. The molecule has 4 atom stereocenters. The van der Waals surface area contributed by atoms with Gasteiger partial charge in [-0.25, -0.2) is 0 Å². The monoisotopic (exact) mass is 164 g/mol. The smallest absolute Gasteiger partial charge is 0.0822 e. The Morgan fingerprint density at radius 1 is 1.00 bits per heavy atom. The Kier molecular flexibility index (Phi) is 1.16. The summed E-state index contributed by atoms with van der Waals surface area (Å²) >= 11 is 0. The summed E-state index contributed by atoms with van der Waals surface area (Å²) in [4.78, 5) is 0. The van der Waals surface area contributed by atoms with Gasteiger partial charge in [0.15, 0.2) is 0 Å². The van der Waals surface area contributed by atoms with Crippen molar-refractivity contribution in [2.24, 2.45) is 23.7 Å².